The van der Waals surface area contributed by atoms with Crippen LogP contribution in [0.5, 0.6) is 6.01 Å². The lowest BCUT2D eigenvalue weighted by atomic mass is 9.95. The summed E-state index contributed by atoms with van der Waals surface area (Å²) >= 11 is 5.98. The van der Waals surface area contributed by atoms with Crippen molar-refractivity contribution in [2.24, 2.45) is 0 Å². The Balaban J connectivity index is 1.33. The van der Waals surface area contributed by atoms with Gasteiger partial charge in [-0.1, -0.05) is 11.6 Å². The van der Waals surface area contributed by atoms with Gasteiger partial charge in [-0.05, 0) is 44.4 Å². The Morgan fingerprint density at radius 3 is 2.72 bits per heavy atom. The normalized spacial score (nSPS) is 28.4. The van der Waals surface area contributed by atoms with Crippen LogP contribution in [0.1, 0.15) is 32.1 Å². The average molecular weight is 560 g/mol. The third-order valence-electron chi connectivity index (χ3n) is 8.75. The summed E-state index contributed by atoms with van der Waals surface area (Å²) in [7, 11) is 0. The lowest BCUT2D eigenvalue weighted by Gasteiger charge is -2.34. The maximum Gasteiger partial charge on any atom is 0.319 e. The summed E-state index contributed by atoms with van der Waals surface area (Å²) in [5.41, 5.74) is 5.07. The second-order valence-electron chi connectivity index (χ2n) is 11.2. The lowest BCUT2D eigenvalue weighted by molar-refractivity contribution is 0.107. The number of ether oxygens (including phenoxy) is 1. The van der Waals surface area contributed by atoms with Gasteiger partial charge in [-0.2, -0.15) is 9.97 Å². The molecule has 1 aromatic carbocycles. The van der Waals surface area contributed by atoms with E-state index in [-0.39, 0.29) is 40.1 Å². The molecule has 2 bridgehead atoms. The number of piperazine rings is 1. The van der Waals surface area contributed by atoms with Gasteiger partial charge in [-0.15, -0.1) is 0 Å². The van der Waals surface area contributed by atoms with Crippen molar-refractivity contribution in [2.45, 2.75) is 55.9 Å². The van der Waals surface area contributed by atoms with Crippen molar-refractivity contribution in [2.75, 3.05) is 43.4 Å². The van der Waals surface area contributed by atoms with E-state index < -0.39 is 23.3 Å². The first kappa shape index (κ1) is 25.1. The second-order valence-corrected chi connectivity index (χ2v) is 11.7. The highest BCUT2D eigenvalue weighted by Gasteiger charge is 2.49. The first-order valence-corrected chi connectivity index (χ1v) is 13.8. The highest BCUT2D eigenvalue weighted by molar-refractivity contribution is 6.31. The highest BCUT2D eigenvalue weighted by atomic mass is 35.5. The second kappa shape index (κ2) is 9.35. The Kier molecular flexibility index (Phi) is 6.02. The number of nitrogens with one attached hydrogen (secondary N) is 1. The van der Waals surface area contributed by atoms with Gasteiger partial charge in [-0.25, -0.2) is 13.2 Å². The van der Waals surface area contributed by atoms with E-state index in [4.69, 9.17) is 27.1 Å². The van der Waals surface area contributed by atoms with Crippen LogP contribution in [-0.2, 0) is 0 Å². The summed E-state index contributed by atoms with van der Waals surface area (Å²) < 4.78 is 51.6. The van der Waals surface area contributed by atoms with E-state index >= 15 is 4.39 Å². The van der Waals surface area contributed by atoms with Crippen LogP contribution >= 0.6 is 11.6 Å². The summed E-state index contributed by atoms with van der Waals surface area (Å²) in [6, 6.07) is 3.34. The first-order valence-electron chi connectivity index (χ1n) is 13.4. The van der Waals surface area contributed by atoms with Gasteiger partial charge in [0.1, 0.15) is 29.8 Å². The minimum absolute atomic E-state index is 0.00232. The molecule has 7 rings (SSSR count). The van der Waals surface area contributed by atoms with E-state index in [1.807, 2.05) is 0 Å². The fourth-order valence-electron chi connectivity index (χ4n) is 6.93. The average Bonchev–Trinajstić information content (AvgIpc) is 3.56. The molecule has 12 heteroatoms. The molecule has 2 unspecified atom stereocenters. The molecule has 0 spiro atoms. The van der Waals surface area contributed by atoms with Gasteiger partial charge < -0.3 is 20.7 Å². The molecule has 0 radical (unpaired) electrons. The van der Waals surface area contributed by atoms with Crippen molar-refractivity contribution in [3.8, 4) is 17.3 Å². The predicted molar refractivity (Wildman–Crippen MR) is 143 cm³/mol. The topological polar surface area (TPSA) is 92.4 Å². The molecule has 4 saturated heterocycles. The number of alkyl halides is 1. The zero-order valence-electron chi connectivity index (χ0n) is 21.3. The van der Waals surface area contributed by atoms with Gasteiger partial charge in [0.05, 0.1) is 21.5 Å². The summed E-state index contributed by atoms with van der Waals surface area (Å²) in [5.74, 6) is -1.17. The van der Waals surface area contributed by atoms with Crippen molar-refractivity contribution in [3.63, 3.8) is 0 Å². The number of hydrogen-bond acceptors (Lipinski definition) is 8. The van der Waals surface area contributed by atoms with Crippen LogP contribution in [0.3, 0.4) is 0 Å². The van der Waals surface area contributed by atoms with Crippen LogP contribution in [0.4, 0.5) is 24.7 Å². The zero-order valence-corrected chi connectivity index (χ0v) is 22.0. The SMILES string of the molecule is Nc1ccc(Cl)c(F)c1-c1ncc2c(N3C[C@H]4CC[C@@H](C3)N4)nc(OCC34CCCN3CC(F)C4)nc2c1F. The smallest absolute Gasteiger partial charge is 0.319 e. The molecule has 0 saturated carbocycles. The Bertz CT molecular complexity index is 1450. The van der Waals surface area contributed by atoms with Crippen molar-refractivity contribution < 1.29 is 17.9 Å². The number of nitrogen functional groups attached to an aromatic ring is 1. The third kappa shape index (κ3) is 4.17. The van der Waals surface area contributed by atoms with Crippen molar-refractivity contribution in [3.05, 3.63) is 35.0 Å². The molecule has 3 N–H and O–H groups in total. The Labute approximate surface area is 228 Å². The molecule has 3 aromatic rings. The number of anilines is 2. The fraction of sp³-hybridized carbons (Fsp3) is 0.519. The number of aromatic nitrogens is 3. The van der Waals surface area contributed by atoms with E-state index in [9.17, 15) is 8.78 Å². The number of halogens is 4. The van der Waals surface area contributed by atoms with Crippen molar-refractivity contribution in [1.82, 2.24) is 25.2 Å². The quantitative estimate of drug-likeness (QED) is 0.452. The maximum absolute atomic E-state index is 16.2. The minimum Gasteiger partial charge on any atom is -0.461 e. The molecule has 4 aliphatic heterocycles. The van der Waals surface area contributed by atoms with Gasteiger partial charge >= 0.3 is 6.01 Å². The lowest BCUT2D eigenvalue weighted by Crippen LogP contribution is -2.51. The minimum atomic E-state index is -0.901. The van der Waals surface area contributed by atoms with Crippen LogP contribution < -0.4 is 20.7 Å². The Morgan fingerprint density at radius 2 is 1.92 bits per heavy atom. The van der Waals surface area contributed by atoms with Gasteiger partial charge in [0.25, 0.3) is 0 Å². The van der Waals surface area contributed by atoms with Gasteiger partial charge in [0.2, 0.25) is 0 Å². The molecule has 8 nitrogen and oxygen atoms in total. The fourth-order valence-corrected chi connectivity index (χ4v) is 7.08. The molecule has 206 valence electrons. The third-order valence-corrected chi connectivity index (χ3v) is 9.05. The molecule has 0 amide bonds. The summed E-state index contributed by atoms with van der Waals surface area (Å²) in [6.45, 7) is 2.83. The van der Waals surface area contributed by atoms with E-state index in [0.29, 0.717) is 49.3 Å². The number of hydrogen-bond donors (Lipinski definition) is 2. The standard InChI is InChI=1S/C27H29ClF3N7O/c28-18-4-5-19(32)20(21(18)30)24-22(31)23-17(9-33-24)25(37-11-15-2-3-16(12-37)34-15)36-26(35-23)39-13-27-6-1-7-38(27)10-14(29)8-27/h4-5,9,14-16,34H,1-3,6-8,10-13,32H2/t14?,15-,16+,27?. The molecular weight excluding hydrogens is 531 g/mol. The molecule has 2 aromatic heterocycles. The molecule has 4 atom stereocenters. The molecule has 39 heavy (non-hydrogen) atoms. The molecule has 4 aliphatic rings. The van der Waals surface area contributed by atoms with Crippen LogP contribution in [0.25, 0.3) is 22.2 Å². The molecule has 6 heterocycles. The number of pyridine rings is 1. The highest BCUT2D eigenvalue weighted by Crippen LogP contribution is 2.41. The van der Waals surface area contributed by atoms with Crippen LogP contribution in [-0.4, -0.2) is 76.4 Å². The van der Waals surface area contributed by atoms with Crippen molar-refractivity contribution in [1.29, 1.82) is 0 Å². The summed E-state index contributed by atoms with van der Waals surface area (Å²) in [6.07, 6.45) is 4.86. The van der Waals surface area contributed by atoms with E-state index in [0.717, 1.165) is 32.2 Å². The maximum atomic E-state index is 16.2. The predicted octanol–water partition coefficient (Wildman–Crippen LogP) is 4.10. The summed E-state index contributed by atoms with van der Waals surface area (Å²) in [5, 5.41) is 3.80. The van der Waals surface area contributed by atoms with Crippen LogP contribution in [0, 0.1) is 11.6 Å². The van der Waals surface area contributed by atoms with Gasteiger partial charge in [0.15, 0.2) is 11.6 Å². The molecule has 0 aliphatic carbocycles. The van der Waals surface area contributed by atoms with Crippen LogP contribution in [0.2, 0.25) is 5.02 Å². The largest absolute Gasteiger partial charge is 0.461 e. The van der Waals surface area contributed by atoms with Crippen molar-refractivity contribution >= 4 is 34.0 Å². The van der Waals surface area contributed by atoms with Crippen LogP contribution in [0.15, 0.2) is 18.3 Å². The first-order chi connectivity index (χ1) is 18.8. The summed E-state index contributed by atoms with van der Waals surface area (Å²) in [4.78, 5) is 17.7. The Hall–Kier alpha value is -2.89. The van der Waals surface area contributed by atoms with E-state index in [2.05, 4.69) is 25.1 Å². The van der Waals surface area contributed by atoms with Gasteiger partial charge in [-0.3, -0.25) is 9.88 Å². The number of fused-ring (bicyclic) bond motifs is 4. The zero-order chi connectivity index (χ0) is 26.9. The monoisotopic (exact) mass is 559 g/mol. The number of rotatable bonds is 5. The number of nitrogens with two attached hydrogens (primary N) is 1. The number of nitrogens with zero attached hydrogens (tertiary/aromatic N) is 5. The number of benzene rings is 1. The Morgan fingerprint density at radius 1 is 1.13 bits per heavy atom. The van der Waals surface area contributed by atoms with E-state index in [1.54, 1.807) is 0 Å². The molecular formula is C27H29ClF3N7O. The molecule has 4 fully saturated rings. The van der Waals surface area contributed by atoms with E-state index in [1.165, 1.54) is 18.3 Å². The van der Waals surface area contributed by atoms with Gasteiger partial charge in [0, 0.05) is 50.0 Å².